The number of hydrogen-bond acceptors (Lipinski definition) is 4. The Labute approximate surface area is 201 Å². The van der Waals surface area contributed by atoms with Gasteiger partial charge in [0.2, 0.25) is 5.13 Å². The van der Waals surface area contributed by atoms with Gasteiger partial charge in [-0.3, -0.25) is 0 Å². The van der Waals surface area contributed by atoms with Crippen LogP contribution in [-0.4, -0.2) is 20.0 Å². The van der Waals surface area contributed by atoms with Crippen molar-refractivity contribution in [1.29, 1.82) is 0 Å². The topological polar surface area (TPSA) is 30.7 Å². The third-order valence-corrected chi connectivity index (χ3v) is 7.86. The molecule has 2 heterocycles. The predicted octanol–water partition coefficient (Wildman–Crippen LogP) is 8.34. The molecule has 0 fully saturated rings. The lowest BCUT2D eigenvalue weighted by atomic mass is 10.0. The first-order chi connectivity index (χ1) is 14.9. The molecule has 0 aliphatic carbocycles. The second-order valence-corrected chi connectivity index (χ2v) is 11.2. The molecule has 3 nitrogen and oxygen atoms in total. The number of halogens is 2. The van der Waals surface area contributed by atoms with Crippen molar-refractivity contribution in [2.75, 3.05) is 0 Å². The van der Waals surface area contributed by atoms with Gasteiger partial charge >= 0.3 is 0 Å². The maximum Gasteiger partial charge on any atom is 0.211 e. The third kappa shape index (κ3) is 4.85. The summed E-state index contributed by atoms with van der Waals surface area (Å²) in [5, 5.41) is 7.12. The summed E-state index contributed by atoms with van der Waals surface area (Å²) in [7, 11) is 0. The lowest BCUT2D eigenvalue weighted by molar-refractivity contribution is 0.853. The second kappa shape index (κ2) is 9.37. The van der Waals surface area contributed by atoms with Crippen LogP contribution < -0.4 is 0 Å². The van der Waals surface area contributed by atoms with E-state index in [4.69, 9.17) is 33.3 Å². The molecule has 7 heteroatoms. The monoisotopic (exact) mass is 487 g/mol. The van der Waals surface area contributed by atoms with Crippen molar-refractivity contribution in [1.82, 2.24) is 14.8 Å². The smallest absolute Gasteiger partial charge is 0.211 e. The molecular formula is C24H23Cl2N3S2. The van der Waals surface area contributed by atoms with Crippen LogP contribution in [-0.2, 0) is 6.42 Å². The molecule has 2 aromatic carbocycles. The highest BCUT2D eigenvalue weighted by atomic mass is 35.5. The lowest BCUT2D eigenvalue weighted by Gasteiger charge is -2.05. The number of aryl methyl sites for hydroxylation is 2. The van der Waals surface area contributed by atoms with Gasteiger partial charge in [-0.2, -0.15) is 5.10 Å². The Morgan fingerprint density at radius 2 is 1.87 bits per heavy atom. The molecule has 160 valence electrons. The summed E-state index contributed by atoms with van der Waals surface area (Å²) >= 11 is 15.8. The molecule has 0 aliphatic rings. The fourth-order valence-corrected chi connectivity index (χ4v) is 6.06. The van der Waals surface area contributed by atoms with Gasteiger partial charge in [-0.05, 0) is 36.6 Å². The van der Waals surface area contributed by atoms with Crippen LogP contribution in [0, 0.1) is 6.92 Å². The maximum atomic E-state index is 6.28. The maximum absolute atomic E-state index is 6.28. The highest BCUT2D eigenvalue weighted by Crippen LogP contribution is 2.41. The first-order valence-corrected chi connectivity index (χ1v) is 12.6. The van der Waals surface area contributed by atoms with Gasteiger partial charge in [-0.1, -0.05) is 85.6 Å². The Hall–Kier alpha value is -1.79. The molecule has 0 radical (unpaired) electrons. The van der Waals surface area contributed by atoms with E-state index >= 15 is 0 Å². The van der Waals surface area contributed by atoms with Crippen LogP contribution in [0.1, 0.15) is 32.0 Å². The van der Waals surface area contributed by atoms with Crippen molar-refractivity contribution in [3.05, 3.63) is 70.0 Å². The van der Waals surface area contributed by atoms with Crippen molar-refractivity contribution in [2.24, 2.45) is 0 Å². The molecule has 0 spiro atoms. The highest BCUT2D eigenvalue weighted by Gasteiger charge is 2.19. The summed E-state index contributed by atoms with van der Waals surface area (Å²) in [5.41, 5.74) is 6.48. The number of thiazole rings is 1. The molecule has 0 bridgehead atoms. The SMILES string of the molecule is CCc1cccc(-c2cn(-c3nc(-c4ccc(Cl)c(Cl)c4)c(SC(C)C)s3)nc2C)c1. The highest BCUT2D eigenvalue weighted by molar-refractivity contribution is 8.01. The fourth-order valence-electron chi connectivity index (χ4n) is 3.31. The molecule has 4 rings (SSSR count). The molecule has 0 saturated heterocycles. The van der Waals surface area contributed by atoms with Crippen LogP contribution in [0.2, 0.25) is 10.0 Å². The van der Waals surface area contributed by atoms with Crippen LogP contribution in [0.3, 0.4) is 0 Å². The lowest BCUT2D eigenvalue weighted by Crippen LogP contribution is -1.94. The van der Waals surface area contributed by atoms with Gasteiger partial charge in [-0.15, -0.1) is 11.8 Å². The quantitative estimate of drug-likeness (QED) is 0.256. The summed E-state index contributed by atoms with van der Waals surface area (Å²) in [6.45, 7) is 8.57. The van der Waals surface area contributed by atoms with E-state index in [0.717, 1.165) is 38.3 Å². The van der Waals surface area contributed by atoms with Crippen molar-refractivity contribution < 1.29 is 0 Å². The molecule has 0 N–H and O–H groups in total. The van der Waals surface area contributed by atoms with Gasteiger partial charge in [0.1, 0.15) is 0 Å². The molecule has 0 unspecified atom stereocenters. The molecule has 0 saturated carbocycles. The third-order valence-electron chi connectivity index (χ3n) is 4.86. The summed E-state index contributed by atoms with van der Waals surface area (Å²) in [5.74, 6) is 0. The summed E-state index contributed by atoms with van der Waals surface area (Å²) in [6, 6.07) is 14.3. The zero-order valence-electron chi connectivity index (χ0n) is 17.8. The number of nitrogens with zero attached hydrogens (tertiary/aromatic N) is 3. The Morgan fingerprint density at radius 1 is 1.06 bits per heavy atom. The number of aromatic nitrogens is 3. The van der Waals surface area contributed by atoms with E-state index in [1.807, 2.05) is 29.8 Å². The van der Waals surface area contributed by atoms with Crippen LogP contribution in [0.25, 0.3) is 27.5 Å². The number of rotatable bonds is 6. The average Bonchev–Trinajstić information content (AvgIpc) is 3.33. The van der Waals surface area contributed by atoms with Crippen molar-refractivity contribution >= 4 is 46.3 Å². The number of thioether (sulfide) groups is 1. The van der Waals surface area contributed by atoms with E-state index in [9.17, 15) is 0 Å². The minimum atomic E-state index is 0.432. The molecule has 31 heavy (non-hydrogen) atoms. The van der Waals surface area contributed by atoms with Crippen molar-refractivity contribution in [3.8, 4) is 27.5 Å². The zero-order valence-corrected chi connectivity index (χ0v) is 21.0. The predicted molar refractivity (Wildman–Crippen MR) is 135 cm³/mol. The summed E-state index contributed by atoms with van der Waals surface area (Å²) in [4.78, 5) is 4.95. The van der Waals surface area contributed by atoms with E-state index in [-0.39, 0.29) is 0 Å². The first-order valence-electron chi connectivity index (χ1n) is 10.1. The average molecular weight is 489 g/mol. The molecule has 0 aliphatic heterocycles. The van der Waals surface area contributed by atoms with Gasteiger partial charge < -0.3 is 0 Å². The van der Waals surface area contributed by atoms with Crippen molar-refractivity contribution in [2.45, 2.75) is 43.6 Å². The summed E-state index contributed by atoms with van der Waals surface area (Å²) < 4.78 is 3.03. The van der Waals surface area contributed by atoms with Gasteiger partial charge in [0.15, 0.2) is 0 Å². The normalized spacial score (nSPS) is 11.5. The zero-order chi connectivity index (χ0) is 22.1. The molecule has 2 aromatic heterocycles. The Balaban J connectivity index is 1.78. The van der Waals surface area contributed by atoms with Gasteiger partial charge in [0.25, 0.3) is 0 Å². The molecule has 0 atom stereocenters. The van der Waals surface area contributed by atoms with Crippen molar-refractivity contribution in [3.63, 3.8) is 0 Å². The summed E-state index contributed by atoms with van der Waals surface area (Å²) in [6.07, 6.45) is 3.09. The Morgan fingerprint density at radius 3 is 2.58 bits per heavy atom. The molecule has 0 amide bonds. The van der Waals surface area contributed by atoms with E-state index in [1.165, 1.54) is 11.1 Å². The van der Waals surface area contributed by atoms with E-state index in [0.29, 0.717) is 15.3 Å². The minimum Gasteiger partial charge on any atom is -0.217 e. The standard InChI is InChI=1S/C24H23Cl2N3S2/c1-5-16-7-6-8-17(11-16)19-13-29(28-15(19)4)24-27-22(23(31-24)30-14(2)3)18-9-10-20(25)21(26)12-18/h6-14H,5H2,1-4H3. The first kappa shape index (κ1) is 22.4. The van der Waals surface area contributed by atoms with Crippen LogP contribution in [0.15, 0.2) is 52.9 Å². The van der Waals surface area contributed by atoms with E-state index < -0.39 is 0 Å². The van der Waals surface area contributed by atoms with E-state index in [1.54, 1.807) is 23.1 Å². The van der Waals surface area contributed by atoms with Crippen LogP contribution in [0.4, 0.5) is 0 Å². The number of benzene rings is 2. The van der Waals surface area contributed by atoms with Gasteiger partial charge in [0, 0.05) is 22.6 Å². The van der Waals surface area contributed by atoms with Crippen LogP contribution in [0.5, 0.6) is 0 Å². The fraction of sp³-hybridized carbons (Fsp3) is 0.250. The Kier molecular flexibility index (Phi) is 6.77. The van der Waals surface area contributed by atoms with Gasteiger partial charge in [0.05, 0.1) is 25.6 Å². The minimum absolute atomic E-state index is 0.432. The van der Waals surface area contributed by atoms with E-state index in [2.05, 4.69) is 51.2 Å². The number of hydrogen-bond donors (Lipinski definition) is 0. The van der Waals surface area contributed by atoms with Gasteiger partial charge in [-0.25, -0.2) is 9.67 Å². The molecule has 4 aromatic rings. The largest absolute Gasteiger partial charge is 0.217 e. The second-order valence-electron chi connectivity index (χ2n) is 7.55. The Bertz CT molecular complexity index is 1230. The van der Waals surface area contributed by atoms with Crippen LogP contribution >= 0.6 is 46.3 Å². The molecular weight excluding hydrogens is 465 g/mol.